The molecule has 26 heavy (non-hydrogen) atoms. The zero-order chi connectivity index (χ0) is 17.9. The molecule has 9 heteroatoms. The second kappa shape index (κ2) is 7.63. The van der Waals surface area contributed by atoms with E-state index in [0.29, 0.717) is 31.9 Å². The number of nitrogens with one attached hydrogen (secondary N) is 1. The first-order chi connectivity index (χ1) is 12.7. The Kier molecular flexibility index (Phi) is 5.07. The molecule has 1 amide bonds. The number of hydrogen-bond acceptors (Lipinski definition) is 8. The van der Waals surface area contributed by atoms with Crippen molar-refractivity contribution < 1.29 is 9.90 Å². The smallest absolute Gasteiger partial charge is 0.228 e. The number of aliphatic imine (C=N–C) groups is 1. The molecule has 2 N–H and O–H groups in total. The van der Waals surface area contributed by atoms with E-state index >= 15 is 0 Å². The number of thioether (sulfide) groups is 1. The van der Waals surface area contributed by atoms with Crippen LogP contribution in [0.5, 0.6) is 0 Å². The van der Waals surface area contributed by atoms with Crippen LogP contribution in [0.2, 0.25) is 0 Å². The molecule has 8 nitrogen and oxygen atoms in total. The summed E-state index contributed by atoms with van der Waals surface area (Å²) in [4.78, 5) is 29.3. The number of β-amino-alcohol motifs (C(OH)–C–C–N with tert-alkyl or cyclic N) is 1. The van der Waals surface area contributed by atoms with Crippen molar-refractivity contribution in [3.63, 3.8) is 0 Å². The van der Waals surface area contributed by atoms with Gasteiger partial charge >= 0.3 is 0 Å². The van der Waals surface area contributed by atoms with Gasteiger partial charge in [0.1, 0.15) is 0 Å². The maximum absolute atomic E-state index is 12.7. The molecule has 0 radical (unpaired) electrons. The summed E-state index contributed by atoms with van der Waals surface area (Å²) >= 11 is 1.60. The van der Waals surface area contributed by atoms with Crippen molar-refractivity contribution in [2.75, 3.05) is 31.5 Å². The SMILES string of the molecule is O=C(CC1=CSC2=NCCCN12)N1CC[C@@H](Nc2ncccn2)[C@H](O)C1. The van der Waals surface area contributed by atoms with E-state index in [2.05, 4.69) is 25.2 Å². The third-order valence-corrected chi connectivity index (χ3v) is 5.76. The first-order valence-corrected chi connectivity index (χ1v) is 9.76. The fourth-order valence-corrected chi connectivity index (χ4v) is 4.36. The third-order valence-electron chi connectivity index (χ3n) is 4.81. The van der Waals surface area contributed by atoms with Gasteiger partial charge in [-0.05, 0) is 24.3 Å². The largest absolute Gasteiger partial charge is 0.389 e. The van der Waals surface area contributed by atoms with Gasteiger partial charge in [-0.25, -0.2) is 9.97 Å². The van der Waals surface area contributed by atoms with Crippen molar-refractivity contribution in [2.24, 2.45) is 4.99 Å². The number of amides is 1. The number of carbonyl (C=O) groups excluding carboxylic acids is 1. The molecule has 1 aromatic rings. The Morgan fingerprint density at radius 2 is 2.19 bits per heavy atom. The maximum Gasteiger partial charge on any atom is 0.228 e. The molecule has 1 aromatic heterocycles. The topological polar surface area (TPSA) is 94.0 Å². The van der Waals surface area contributed by atoms with E-state index in [9.17, 15) is 9.90 Å². The molecule has 0 spiro atoms. The minimum atomic E-state index is -0.643. The van der Waals surface area contributed by atoms with Gasteiger partial charge in [-0.1, -0.05) is 11.8 Å². The van der Waals surface area contributed by atoms with Crippen molar-refractivity contribution in [3.8, 4) is 0 Å². The van der Waals surface area contributed by atoms with Gasteiger partial charge in [0.2, 0.25) is 11.9 Å². The number of nitrogens with zero attached hydrogens (tertiary/aromatic N) is 5. The second-order valence-corrected chi connectivity index (χ2v) is 7.43. The monoisotopic (exact) mass is 374 g/mol. The molecule has 4 heterocycles. The zero-order valence-corrected chi connectivity index (χ0v) is 15.2. The van der Waals surface area contributed by atoms with Crippen LogP contribution in [-0.2, 0) is 4.79 Å². The number of fused-ring (bicyclic) bond motifs is 1. The molecule has 0 saturated carbocycles. The quantitative estimate of drug-likeness (QED) is 0.808. The van der Waals surface area contributed by atoms with E-state index < -0.39 is 6.10 Å². The number of piperidine rings is 1. The molecule has 0 aromatic carbocycles. The highest BCUT2D eigenvalue weighted by Gasteiger charge is 2.32. The summed E-state index contributed by atoms with van der Waals surface area (Å²) in [5.74, 6) is 0.554. The Morgan fingerprint density at radius 1 is 1.35 bits per heavy atom. The highest BCUT2D eigenvalue weighted by atomic mass is 32.2. The van der Waals surface area contributed by atoms with E-state index in [0.717, 1.165) is 30.4 Å². The molecular formula is C17H22N6O2S. The summed E-state index contributed by atoms with van der Waals surface area (Å²) < 4.78 is 0. The minimum Gasteiger partial charge on any atom is -0.389 e. The number of aliphatic hydroxyl groups excluding tert-OH is 1. The molecule has 0 unspecified atom stereocenters. The first kappa shape index (κ1) is 17.3. The zero-order valence-electron chi connectivity index (χ0n) is 14.4. The van der Waals surface area contributed by atoms with Crippen LogP contribution < -0.4 is 5.32 Å². The average Bonchev–Trinajstić information content (AvgIpc) is 3.07. The van der Waals surface area contributed by atoms with E-state index in [-0.39, 0.29) is 11.9 Å². The predicted molar refractivity (Wildman–Crippen MR) is 101 cm³/mol. The van der Waals surface area contributed by atoms with Crippen molar-refractivity contribution in [1.29, 1.82) is 0 Å². The fourth-order valence-electron chi connectivity index (χ4n) is 3.41. The molecule has 0 bridgehead atoms. The molecule has 138 valence electrons. The van der Waals surface area contributed by atoms with Gasteiger partial charge < -0.3 is 20.2 Å². The van der Waals surface area contributed by atoms with E-state index in [4.69, 9.17) is 0 Å². The van der Waals surface area contributed by atoms with Crippen molar-refractivity contribution in [3.05, 3.63) is 29.6 Å². The molecule has 3 aliphatic rings. The summed E-state index contributed by atoms with van der Waals surface area (Å²) in [5.41, 5.74) is 1.02. The Hall–Kier alpha value is -2.13. The number of carbonyl (C=O) groups is 1. The molecule has 3 aliphatic heterocycles. The van der Waals surface area contributed by atoms with E-state index in [1.165, 1.54) is 0 Å². The average molecular weight is 374 g/mol. The van der Waals surface area contributed by atoms with Crippen LogP contribution in [0.15, 0.2) is 34.6 Å². The summed E-state index contributed by atoms with van der Waals surface area (Å²) in [6.45, 7) is 2.73. The lowest BCUT2D eigenvalue weighted by molar-refractivity contribution is -0.133. The number of aliphatic hydroxyl groups is 1. The van der Waals surface area contributed by atoms with Crippen LogP contribution in [0.3, 0.4) is 0 Å². The van der Waals surface area contributed by atoms with Gasteiger partial charge in [-0.3, -0.25) is 9.79 Å². The highest BCUT2D eigenvalue weighted by Crippen LogP contribution is 2.31. The second-order valence-electron chi connectivity index (χ2n) is 6.59. The Morgan fingerprint density at radius 3 is 3.00 bits per heavy atom. The number of rotatable bonds is 4. The van der Waals surface area contributed by atoms with Crippen LogP contribution in [-0.4, -0.2) is 74.3 Å². The molecular weight excluding hydrogens is 352 g/mol. The summed E-state index contributed by atoms with van der Waals surface area (Å²) in [6, 6.07) is 1.60. The highest BCUT2D eigenvalue weighted by molar-refractivity contribution is 8.16. The van der Waals surface area contributed by atoms with Crippen molar-refractivity contribution >= 4 is 28.8 Å². The molecule has 1 fully saturated rings. The lowest BCUT2D eigenvalue weighted by atomic mass is 10.0. The normalized spacial score (nSPS) is 25.4. The van der Waals surface area contributed by atoms with Crippen LogP contribution in [0.25, 0.3) is 0 Å². The number of aromatic nitrogens is 2. The van der Waals surface area contributed by atoms with Crippen molar-refractivity contribution in [1.82, 2.24) is 19.8 Å². The lowest BCUT2D eigenvalue weighted by Crippen LogP contribution is -2.52. The number of likely N-dealkylation sites (tertiary alicyclic amines) is 1. The van der Waals surface area contributed by atoms with Crippen molar-refractivity contribution in [2.45, 2.75) is 31.4 Å². The van der Waals surface area contributed by atoms with Gasteiger partial charge in [0.05, 0.1) is 18.6 Å². The summed E-state index contributed by atoms with van der Waals surface area (Å²) in [6.07, 6.45) is 4.72. The Labute approximate surface area is 156 Å². The Balaban J connectivity index is 1.31. The summed E-state index contributed by atoms with van der Waals surface area (Å²) in [7, 11) is 0. The van der Waals surface area contributed by atoms with Crippen LogP contribution in [0, 0.1) is 0 Å². The van der Waals surface area contributed by atoms with Crippen LogP contribution in [0.4, 0.5) is 5.95 Å². The van der Waals surface area contributed by atoms with Gasteiger partial charge in [-0.15, -0.1) is 0 Å². The van der Waals surface area contributed by atoms with E-state index in [1.807, 2.05) is 5.41 Å². The van der Waals surface area contributed by atoms with Gasteiger partial charge in [-0.2, -0.15) is 0 Å². The molecule has 4 rings (SSSR count). The fraction of sp³-hybridized carbons (Fsp3) is 0.529. The van der Waals surface area contributed by atoms with Gasteiger partial charge in [0.15, 0.2) is 5.17 Å². The molecule has 1 saturated heterocycles. The van der Waals surface area contributed by atoms with Crippen LogP contribution in [0.1, 0.15) is 19.3 Å². The number of amidine groups is 1. The Bertz CT molecular complexity index is 725. The van der Waals surface area contributed by atoms with Gasteiger partial charge in [0, 0.05) is 44.3 Å². The molecule has 0 aliphatic carbocycles. The lowest BCUT2D eigenvalue weighted by Gasteiger charge is -2.36. The molecule has 2 atom stereocenters. The predicted octanol–water partition coefficient (Wildman–Crippen LogP) is 0.890. The summed E-state index contributed by atoms with van der Waals surface area (Å²) in [5, 5.41) is 16.6. The van der Waals surface area contributed by atoms with Gasteiger partial charge in [0.25, 0.3) is 0 Å². The standard InChI is InChI=1S/C17H22N6O2S/c24-14-10-22(8-3-13(14)21-16-18-4-1-5-19-16)15(25)9-12-11-26-17-20-6-2-7-23(12)17/h1,4-5,11,13-14,24H,2-3,6-10H2,(H,18,19,21)/t13-,14-/m1/s1. The van der Waals surface area contributed by atoms with Crippen LogP contribution >= 0.6 is 11.8 Å². The number of anilines is 1. The number of hydrogen-bond donors (Lipinski definition) is 2. The third kappa shape index (κ3) is 3.68. The van der Waals surface area contributed by atoms with E-state index in [1.54, 1.807) is 35.1 Å². The minimum absolute atomic E-state index is 0.0529. The first-order valence-electron chi connectivity index (χ1n) is 8.88. The maximum atomic E-state index is 12.7.